The van der Waals surface area contributed by atoms with Crippen molar-refractivity contribution < 1.29 is 9.53 Å². The molecule has 6 heteroatoms. The van der Waals surface area contributed by atoms with Gasteiger partial charge in [0.1, 0.15) is 5.75 Å². The minimum atomic E-state index is -0.0484. The van der Waals surface area contributed by atoms with E-state index >= 15 is 0 Å². The number of nitrogens with zero attached hydrogens (tertiary/aromatic N) is 1. The zero-order valence-electron chi connectivity index (χ0n) is 11.7. The van der Waals surface area contributed by atoms with Crippen LogP contribution >= 0.6 is 34.7 Å². The van der Waals surface area contributed by atoms with E-state index in [1.807, 2.05) is 29.6 Å². The lowest BCUT2D eigenvalue weighted by molar-refractivity contribution is -0.130. The van der Waals surface area contributed by atoms with Gasteiger partial charge in [-0.15, -0.1) is 23.1 Å². The summed E-state index contributed by atoms with van der Waals surface area (Å²) in [6.07, 6.45) is 2.05. The molecule has 0 aliphatic carbocycles. The van der Waals surface area contributed by atoms with Crippen LogP contribution in [-0.4, -0.2) is 29.7 Å². The number of rotatable bonds is 4. The van der Waals surface area contributed by atoms with Gasteiger partial charge in [-0.05, 0) is 29.7 Å². The zero-order chi connectivity index (χ0) is 15.4. The normalized spacial score (nSPS) is 16.2. The van der Waals surface area contributed by atoms with Gasteiger partial charge in [-0.2, -0.15) is 0 Å². The second kappa shape index (κ2) is 7.22. The topological polar surface area (TPSA) is 29.5 Å². The summed E-state index contributed by atoms with van der Waals surface area (Å²) in [5.41, 5.74) is 0. The van der Waals surface area contributed by atoms with Crippen LogP contribution in [0.2, 0.25) is 5.02 Å². The van der Waals surface area contributed by atoms with Crippen molar-refractivity contribution in [3.05, 3.63) is 56.7 Å². The molecule has 0 N–H and O–H groups in total. The monoisotopic (exact) mass is 351 g/mol. The standard InChI is InChI=1S/C16H14ClNO2S2/c17-13-5-1-2-6-14(13)20-11-15(19)18-7-9-22-16(18)10-12-4-3-8-21-12/h1-6,8,10H,7,9,11H2/b16-10+. The maximum absolute atomic E-state index is 12.4. The number of halogens is 1. The van der Waals surface area contributed by atoms with E-state index in [1.54, 1.807) is 40.1 Å². The van der Waals surface area contributed by atoms with E-state index in [9.17, 15) is 4.79 Å². The molecule has 2 heterocycles. The molecule has 1 aromatic heterocycles. The summed E-state index contributed by atoms with van der Waals surface area (Å²) in [6, 6.07) is 11.2. The number of thiophene rings is 1. The first-order valence-corrected chi connectivity index (χ1v) is 9.04. The van der Waals surface area contributed by atoms with Gasteiger partial charge in [-0.3, -0.25) is 4.79 Å². The van der Waals surface area contributed by atoms with Crippen LogP contribution in [0.1, 0.15) is 4.88 Å². The molecule has 0 saturated carbocycles. The van der Waals surface area contributed by atoms with Gasteiger partial charge < -0.3 is 9.64 Å². The summed E-state index contributed by atoms with van der Waals surface area (Å²) in [6.45, 7) is 0.707. The van der Waals surface area contributed by atoms with Crippen molar-refractivity contribution in [3.63, 3.8) is 0 Å². The van der Waals surface area contributed by atoms with Crippen LogP contribution in [-0.2, 0) is 4.79 Å². The van der Waals surface area contributed by atoms with Gasteiger partial charge in [0, 0.05) is 17.2 Å². The van der Waals surface area contributed by atoms with Crippen LogP contribution in [0.5, 0.6) is 5.75 Å². The lowest BCUT2D eigenvalue weighted by atomic mass is 10.3. The molecule has 1 aliphatic heterocycles. The second-order valence-corrected chi connectivity index (χ2v) is 7.11. The smallest absolute Gasteiger partial charge is 0.265 e. The van der Waals surface area contributed by atoms with Crippen LogP contribution in [0.3, 0.4) is 0 Å². The van der Waals surface area contributed by atoms with Gasteiger partial charge in [0.15, 0.2) is 6.61 Å². The van der Waals surface area contributed by atoms with Crippen LogP contribution in [0.25, 0.3) is 6.08 Å². The van der Waals surface area contributed by atoms with Crippen molar-refractivity contribution in [1.82, 2.24) is 4.90 Å². The minimum Gasteiger partial charge on any atom is -0.482 e. The Morgan fingerprint density at radius 3 is 2.95 bits per heavy atom. The average Bonchev–Trinajstić information content (AvgIpc) is 3.18. The van der Waals surface area contributed by atoms with Gasteiger partial charge in [-0.25, -0.2) is 0 Å². The summed E-state index contributed by atoms with van der Waals surface area (Å²) in [7, 11) is 0. The van der Waals surface area contributed by atoms with Gasteiger partial charge in [0.25, 0.3) is 5.91 Å². The summed E-state index contributed by atoms with van der Waals surface area (Å²) < 4.78 is 5.54. The van der Waals surface area contributed by atoms with Gasteiger partial charge in [0.05, 0.1) is 10.1 Å². The van der Waals surface area contributed by atoms with Crippen LogP contribution in [0.4, 0.5) is 0 Å². The molecule has 0 spiro atoms. The van der Waals surface area contributed by atoms with E-state index < -0.39 is 0 Å². The third kappa shape index (κ3) is 3.66. The van der Waals surface area contributed by atoms with Crippen LogP contribution in [0.15, 0.2) is 46.8 Å². The summed E-state index contributed by atoms with van der Waals surface area (Å²) in [4.78, 5) is 15.3. The van der Waals surface area contributed by atoms with Crippen molar-refractivity contribution in [2.45, 2.75) is 0 Å². The maximum atomic E-state index is 12.4. The molecule has 1 aliphatic rings. The predicted molar refractivity (Wildman–Crippen MR) is 93.4 cm³/mol. The Labute approximate surface area is 142 Å². The van der Waals surface area contributed by atoms with Crippen LogP contribution < -0.4 is 4.74 Å². The number of benzene rings is 1. The lowest BCUT2D eigenvalue weighted by Gasteiger charge is -2.17. The highest BCUT2D eigenvalue weighted by molar-refractivity contribution is 8.03. The molecule has 1 amide bonds. The number of amides is 1. The molecule has 0 bridgehead atoms. The maximum Gasteiger partial charge on any atom is 0.265 e. The van der Waals surface area contributed by atoms with E-state index in [0.717, 1.165) is 15.7 Å². The third-order valence-electron chi connectivity index (χ3n) is 3.13. The minimum absolute atomic E-state index is 0.00786. The predicted octanol–water partition coefficient (Wildman–Crippen LogP) is 4.35. The van der Waals surface area contributed by atoms with Crippen LogP contribution in [0, 0.1) is 0 Å². The Balaban J connectivity index is 1.65. The molecule has 1 saturated heterocycles. The fourth-order valence-electron chi connectivity index (χ4n) is 2.07. The molecule has 22 heavy (non-hydrogen) atoms. The molecule has 1 aromatic carbocycles. The highest BCUT2D eigenvalue weighted by Gasteiger charge is 2.24. The second-order valence-electron chi connectivity index (χ2n) is 4.61. The van der Waals surface area contributed by atoms with Gasteiger partial charge in [0.2, 0.25) is 0 Å². The Kier molecular flexibility index (Phi) is 5.08. The van der Waals surface area contributed by atoms with Crippen molar-refractivity contribution in [2.24, 2.45) is 0 Å². The number of carbonyl (C=O) groups is 1. The number of ether oxygens (including phenoxy) is 1. The Hall–Kier alpha value is -1.43. The third-order valence-corrected chi connectivity index (χ3v) is 5.28. The Morgan fingerprint density at radius 2 is 2.18 bits per heavy atom. The van der Waals surface area contributed by atoms with Gasteiger partial charge >= 0.3 is 0 Å². The molecular formula is C16H14ClNO2S2. The van der Waals surface area contributed by atoms with Crippen molar-refractivity contribution in [2.75, 3.05) is 18.9 Å². The van der Waals surface area contributed by atoms with Crippen molar-refractivity contribution >= 4 is 46.7 Å². The van der Waals surface area contributed by atoms with Crippen molar-refractivity contribution in [1.29, 1.82) is 0 Å². The first-order chi connectivity index (χ1) is 10.7. The summed E-state index contributed by atoms with van der Waals surface area (Å²) >= 11 is 9.38. The number of hydrogen-bond donors (Lipinski definition) is 0. The molecule has 0 atom stereocenters. The summed E-state index contributed by atoms with van der Waals surface area (Å²) in [5, 5.41) is 3.52. The van der Waals surface area contributed by atoms with Crippen molar-refractivity contribution in [3.8, 4) is 5.75 Å². The molecule has 3 rings (SSSR count). The highest BCUT2D eigenvalue weighted by atomic mass is 35.5. The van der Waals surface area contributed by atoms with E-state index in [4.69, 9.17) is 16.3 Å². The molecule has 114 valence electrons. The van der Waals surface area contributed by atoms with Gasteiger partial charge in [-0.1, -0.05) is 29.8 Å². The van der Waals surface area contributed by atoms with E-state index in [2.05, 4.69) is 6.08 Å². The molecule has 1 fully saturated rings. The average molecular weight is 352 g/mol. The van der Waals surface area contributed by atoms with E-state index in [1.165, 1.54) is 0 Å². The zero-order valence-corrected chi connectivity index (χ0v) is 14.1. The highest BCUT2D eigenvalue weighted by Crippen LogP contribution is 2.31. The molecule has 3 nitrogen and oxygen atoms in total. The Bertz CT molecular complexity index is 685. The quantitative estimate of drug-likeness (QED) is 0.820. The number of thioether (sulfide) groups is 1. The number of hydrogen-bond acceptors (Lipinski definition) is 4. The first-order valence-electron chi connectivity index (χ1n) is 6.80. The SMILES string of the molecule is O=C(COc1ccccc1Cl)N1CCS/C1=C/c1cccs1. The Morgan fingerprint density at radius 1 is 1.32 bits per heavy atom. The number of carbonyl (C=O) groups excluding carboxylic acids is 1. The van der Waals surface area contributed by atoms with E-state index in [0.29, 0.717) is 17.3 Å². The largest absolute Gasteiger partial charge is 0.482 e. The van der Waals surface area contributed by atoms with E-state index in [-0.39, 0.29) is 12.5 Å². The molecular weight excluding hydrogens is 338 g/mol. The molecule has 0 unspecified atom stereocenters. The first kappa shape index (κ1) is 15.5. The fourth-order valence-corrected chi connectivity index (χ4v) is 4.03. The fraction of sp³-hybridized carbons (Fsp3) is 0.188. The molecule has 2 aromatic rings. The number of para-hydroxylation sites is 1. The lowest BCUT2D eigenvalue weighted by Crippen LogP contribution is -2.31. The summed E-state index contributed by atoms with van der Waals surface area (Å²) in [5.74, 6) is 1.40. The molecule has 0 radical (unpaired) electrons.